The number of pyridine rings is 1. The van der Waals surface area contributed by atoms with Crippen LogP contribution in [0.25, 0.3) is 5.65 Å². The van der Waals surface area contributed by atoms with Gasteiger partial charge >= 0.3 is 0 Å². The number of fused-ring (bicyclic) bond motifs is 1. The fourth-order valence-electron chi connectivity index (χ4n) is 2.31. The van der Waals surface area contributed by atoms with Crippen molar-refractivity contribution in [3.8, 4) is 0 Å². The van der Waals surface area contributed by atoms with Gasteiger partial charge in [-0.2, -0.15) is 0 Å². The normalized spacial score (nSPS) is 23.9. The molecule has 3 heterocycles. The Morgan fingerprint density at radius 3 is 3.35 bits per heavy atom. The van der Waals surface area contributed by atoms with Gasteiger partial charge in [0.2, 0.25) is 0 Å². The summed E-state index contributed by atoms with van der Waals surface area (Å²) in [6, 6.07) is 5.78. The molecular weight excluding hydrogens is 258 g/mol. The second kappa shape index (κ2) is 5.84. The van der Waals surface area contributed by atoms with Crippen LogP contribution in [0.15, 0.2) is 24.4 Å². The summed E-state index contributed by atoms with van der Waals surface area (Å²) in [6.45, 7) is 3.28. The van der Waals surface area contributed by atoms with Gasteiger partial charge in [0.05, 0.1) is 19.8 Å². The maximum absolute atomic E-state index is 10.4. The third-order valence-electron chi connectivity index (χ3n) is 3.37. The Kier molecular flexibility index (Phi) is 3.93. The molecule has 108 valence electrons. The van der Waals surface area contributed by atoms with Crippen molar-refractivity contribution in [2.24, 2.45) is 0 Å². The van der Waals surface area contributed by atoms with Gasteiger partial charge in [-0.15, -0.1) is 10.2 Å². The molecular formula is C13H19N5O2. The molecule has 1 atom stereocenters. The topological polar surface area (TPSA) is 83.7 Å². The third-order valence-corrected chi connectivity index (χ3v) is 3.37. The van der Waals surface area contributed by atoms with E-state index in [1.165, 1.54) is 0 Å². The summed E-state index contributed by atoms with van der Waals surface area (Å²) in [5, 5.41) is 25.0. The van der Waals surface area contributed by atoms with Crippen LogP contribution >= 0.6 is 0 Å². The minimum absolute atomic E-state index is 0.341. The SMILES string of the molecule is OC1(CNCc2nnc3ccccn23)CNCCOC1. The maximum Gasteiger partial charge on any atom is 0.160 e. The zero-order chi connectivity index (χ0) is 13.8. The van der Waals surface area contributed by atoms with Crippen LogP contribution < -0.4 is 10.6 Å². The Hall–Kier alpha value is -1.54. The van der Waals surface area contributed by atoms with Crippen LogP contribution in [0.1, 0.15) is 5.82 Å². The Morgan fingerprint density at radius 2 is 2.40 bits per heavy atom. The summed E-state index contributed by atoms with van der Waals surface area (Å²) in [5.74, 6) is 0.826. The summed E-state index contributed by atoms with van der Waals surface area (Å²) in [6.07, 6.45) is 1.93. The zero-order valence-electron chi connectivity index (χ0n) is 11.2. The Balaban J connectivity index is 1.59. The van der Waals surface area contributed by atoms with Crippen LogP contribution in [-0.4, -0.2) is 58.2 Å². The molecule has 0 amide bonds. The van der Waals surface area contributed by atoms with Crippen LogP contribution in [0.4, 0.5) is 0 Å². The highest BCUT2D eigenvalue weighted by atomic mass is 16.5. The van der Waals surface area contributed by atoms with Gasteiger partial charge in [0.15, 0.2) is 11.5 Å². The summed E-state index contributed by atoms with van der Waals surface area (Å²) in [5.41, 5.74) is -0.0562. The van der Waals surface area contributed by atoms with Crippen molar-refractivity contribution in [1.82, 2.24) is 25.2 Å². The van der Waals surface area contributed by atoms with Crippen LogP contribution in [0.3, 0.4) is 0 Å². The number of aliphatic hydroxyl groups is 1. The van der Waals surface area contributed by atoms with E-state index < -0.39 is 5.60 Å². The van der Waals surface area contributed by atoms with E-state index in [2.05, 4.69) is 20.8 Å². The summed E-state index contributed by atoms with van der Waals surface area (Å²) >= 11 is 0. The Morgan fingerprint density at radius 1 is 1.45 bits per heavy atom. The second-order valence-corrected chi connectivity index (χ2v) is 5.10. The average Bonchev–Trinajstić information content (AvgIpc) is 2.74. The van der Waals surface area contributed by atoms with Gasteiger partial charge in [-0.05, 0) is 12.1 Å². The van der Waals surface area contributed by atoms with E-state index in [-0.39, 0.29) is 0 Å². The highest BCUT2D eigenvalue weighted by Gasteiger charge is 2.28. The van der Waals surface area contributed by atoms with E-state index in [0.717, 1.165) is 18.0 Å². The van der Waals surface area contributed by atoms with Crippen molar-refractivity contribution in [2.45, 2.75) is 12.1 Å². The van der Waals surface area contributed by atoms with Crippen LogP contribution in [-0.2, 0) is 11.3 Å². The van der Waals surface area contributed by atoms with Gasteiger partial charge in [0.1, 0.15) is 5.60 Å². The highest BCUT2D eigenvalue weighted by Crippen LogP contribution is 2.07. The van der Waals surface area contributed by atoms with Gasteiger partial charge in [-0.3, -0.25) is 4.40 Å². The number of hydrogen-bond donors (Lipinski definition) is 3. The lowest BCUT2D eigenvalue weighted by atomic mass is 10.1. The lowest BCUT2D eigenvalue weighted by Gasteiger charge is -2.25. The molecule has 0 spiro atoms. The molecule has 1 aliphatic heterocycles. The van der Waals surface area contributed by atoms with E-state index in [1.807, 2.05) is 28.8 Å². The molecule has 0 radical (unpaired) electrons. The molecule has 1 aliphatic rings. The minimum Gasteiger partial charge on any atom is -0.385 e. The summed E-state index contributed by atoms with van der Waals surface area (Å²) < 4.78 is 7.31. The molecule has 0 aliphatic carbocycles. The lowest BCUT2D eigenvalue weighted by molar-refractivity contribution is -0.0265. The number of β-amino-alcohol motifs (C(OH)–C–C–N with tert-alkyl or cyclic N) is 1. The largest absolute Gasteiger partial charge is 0.385 e. The number of nitrogens with one attached hydrogen (secondary N) is 2. The smallest absolute Gasteiger partial charge is 0.160 e. The number of ether oxygens (including phenoxy) is 1. The Bertz CT molecular complexity index is 563. The summed E-state index contributed by atoms with van der Waals surface area (Å²) in [4.78, 5) is 0. The molecule has 2 aromatic heterocycles. The first kappa shape index (κ1) is 13.4. The maximum atomic E-state index is 10.4. The van der Waals surface area contributed by atoms with Crippen LogP contribution in [0.5, 0.6) is 0 Å². The van der Waals surface area contributed by atoms with Crippen molar-refractivity contribution in [2.75, 3.05) is 32.8 Å². The fraction of sp³-hybridized carbons (Fsp3) is 0.538. The molecule has 1 saturated heterocycles. The van der Waals surface area contributed by atoms with Crippen LogP contribution in [0, 0.1) is 0 Å². The molecule has 7 nitrogen and oxygen atoms in total. The van der Waals surface area contributed by atoms with Gasteiger partial charge in [0, 0.05) is 25.8 Å². The van der Waals surface area contributed by atoms with Crippen molar-refractivity contribution in [3.05, 3.63) is 30.2 Å². The van der Waals surface area contributed by atoms with E-state index in [4.69, 9.17) is 4.74 Å². The lowest BCUT2D eigenvalue weighted by Crippen LogP contribution is -2.50. The van der Waals surface area contributed by atoms with Crippen molar-refractivity contribution in [3.63, 3.8) is 0 Å². The molecule has 3 N–H and O–H groups in total. The molecule has 0 aromatic carbocycles. The number of nitrogens with zero attached hydrogens (tertiary/aromatic N) is 3. The zero-order valence-corrected chi connectivity index (χ0v) is 11.2. The van der Waals surface area contributed by atoms with Gasteiger partial charge in [-0.1, -0.05) is 6.07 Å². The first-order valence-electron chi connectivity index (χ1n) is 6.77. The fourth-order valence-corrected chi connectivity index (χ4v) is 2.31. The third kappa shape index (κ3) is 2.96. The Labute approximate surface area is 117 Å². The molecule has 7 heteroatoms. The molecule has 1 unspecified atom stereocenters. The molecule has 20 heavy (non-hydrogen) atoms. The predicted octanol–water partition coefficient (Wildman–Crippen LogP) is -0.830. The van der Waals surface area contributed by atoms with Gasteiger partial charge in [0.25, 0.3) is 0 Å². The number of aromatic nitrogens is 3. The van der Waals surface area contributed by atoms with Crippen LogP contribution in [0.2, 0.25) is 0 Å². The summed E-state index contributed by atoms with van der Waals surface area (Å²) in [7, 11) is 0. The number of rotatable bonds is 4. The van der Waals surface area contributed by atoms with Gasteiger partial charge < -0.3 is 20.5 Å². The van der Waals surface area contributed by atoms with E-state index in [1.54, 1.807) is 0 Å². The van der Waals surface area contributed by atoms with Gasteiger partial charge in [-0.25, -0.2) is 0 Å². The first-order valence-corrected chi connectivity index (χ1v) is 6.77. The van der Waals surface area contributed by atoms with Crippen molar-refractivity contribution in [1.29, 1.82) is 0 Å². The first-order chi connectivity index (χ1) is 9.77. The monoisotopic (exact) mass is 277 g/mol. The standard InChI is InChI=1S/C13H19N5O2/c19-13(8-14-4-6-20-10-13)9-15-7-12-17-16-11-3-1-2-5-18(11)12/h1-3,5,14-15,19H,4,6-10H2. The predicted molar refractivity (Wildman–Crippen MR) is 73.3 cm³/mol. The quantitative estimate of drug-likeness (QED) is 0.676. The van der Waals surface area contributed by atoms with E-state index in [0.29, 0.717) is 32.8 Å². The molecule has 3 rings (SSSR count). The number of hydrogen-bond acceptors (Lipinski definition) is 6. The van der Waals surface area contributed by atoms with Crippen molar-refractivity contribution >= 4 is 5.65 Å². The molecule has 0 saturated carbocycles. The molecule has 2 aromatic rings. The minimum atomic E-state index is -0.878. The second-order valence-electron chi connectivity index (χ2n) is 5.10. The van der Waals surface area contributed by atoms with E-state index >= 15 is 0 Å². The molecule has 0 bridgehead atoms. The van der Waals surface area contributed by atoms with E-state index in [9.17, 15) is 5.11 Å². The average molecular weight is 277 g/mol. The molecule has 1 fully saturated rings. The van der Waals surface area contributed by atoms with Crippen molar-refractivity contribution < 1.29 is 9.84 Å². The highest BCUT2D eigenvalue weighted by molar-refractivity contribution is 5.36.